The molecule has 2 rings (SSSR count). The maximum absolute atomic E-state index is 10.2. The molecule has 5 unspecified atom stereocenters. The summed E-state index contributed by atoms with van der Waals surface area (Å²) in [5, 5.41) is 23.1. The molecule has 2 saturated heterocycles. The van der Waals surface area contributed by atoms with Crippen molar-refractivity contribution in [3.63, 3.8) is 0 Å². The van der Waals surface area contributed by atoms with E-state index in [4.69, 9.17) is 14.2 Å². The van der Waals surface area contributed by atoms with Crippen molar-refractivity contribution in [1.29, 1.82) is 0 Å². The molecule has 2 fully saturated rings. The lowest BCUT2D eigenvalue weighted by Gasteiger charge is -2.42. The van der Waals surface area contributed by atoms with Crippen molar-refractivity contribution in [2.75, 3.05) is 20.3 Å². The highest BCUT2D eigenvalue weighted by atomic mass is 16.7. The monoisotopic (exact) mass is 247 g/mol. The zero-order chi connectivity index (χ0) is 12.6. The zero-order valence-corrected chi connectivity index (χ0v) is 10.4. The molecule has 0 radical (unpaired) electrons. The summed E-state index contributed by atoms with van der Waals surface area (Å²) in [4.78, 5) is 0. The first-order chi connectivity index (χ1) is 8.00. The number of likely N-dealkylation sites (N-methyl/N-ethyl adjacent to an activating group) is 1. The topological polar surface area (TPSA) is 80.2 Å². The van der Waals surface area contributed by atoms with Gasteiger partial charge in [0.05, 0.1) is 25.4 Å². The highest BCUT2D eigenvalue weighted by Gasteiger charge is 2.59. The molecule has 3 N–H and O–H groups in total. The van der Waals surface area contributed by atoms with Gasteiger partial charge < -0.3 is 29.7 Å². The predicted octanol–water partition coefficient (Wildman–Crippen LogP) is -1.15. The Balaban J connectivity index is 2.10. The number of hydrogen-bond donors (Lipinski definition) is 3. The van der Waals surface area contributed by atoms with E-state index in [0.29, 0.717) is 0 Å². The van der Waals surface area contributed by atoms with E-state index in [9.17, 15) is 10.2 Å². The minimum Gasteiger partial charge on any atom is -0.388 e. The van der Waals surface area contributed by atoms with Crippen LogP contribution in [0, 0.1) is 0 Å². The Hall–Kier alpha value is -0.240. The third kappa shape index (κ3) is 2.21. The first-order valence-corrected chi connectivity index (χ1v) is 5.94. The fraction of sp³-hybridized carbons (Fsp3) is 1.00. The molecule has 2 heterocycles. The SMILES string of the molecule is CNC1C2OCC(COC(C)C)(O2)C(O)C1O. The van der Waals surface area contributed by atoms with Crippen molar-refractivity contribution in [2.24, 2.45) is 0 Å². The highest BCUT2D eigenvalue weighted by molar-refractivity contribution is 5.05. The van der Waals surface area contributed by atoms with Crippen molar-refractivity contribution >= 4 is 0 Å². The van der Waals surface area contributed by atoms with Crippen molar-refractivity contribution in [1.82, 2.24) is 5.32 Å². The molecular weight excluding hydrogens is 226 g/mol. The molecule has 0 aromatic rings. The van der Waals surface area contributed by atoms with Crippen LogP contribution in [0.4, 0.5) is 0 Å². The average Bonchev–Trinajstić information content (AvgIpc) is 2.68. The molecule has 6 nitrogen and oxygen atoms in total. The third-order valence-corrected chi connectivity index (χ3v) is 3.36. The number of aliphatic hydroxyl groups is 2. The van der Waals surface area contributed by atoms with Gasteiger partial charge in [-0.25, -0.2) is 0 Å². The summed E-state index contributed by atoms with van der Waals surface area (Å²) in [6.45, 7) is 4.27. The van der Waals surface area contributed by atoms with Crippen LogP contribution in [0.2, 0.25) is 0 Å². The molecule has 17 heavy (non-hydrogen) atoms. The van der Waals surface area contributed by atoms with Crippen molar-refractivity contribution in [3.8, 4) is 0 Å². The van der Waals surface area contributed by atoms with Crippen LogP contribution in [0.5, 0.6) is 0 Å². The molecule has 2 bridgehead atoms. The van der Waals surface area contributed by atoms with E-state index in [1.54, 1.807) is 7.05 Å². The minimum absolute atomic E-state index is 0.0402. The first kappa shape index (κ1) is 13.2. The summed E-state index contributed by atoms with van der Waals surface area (Å²) >= 11 is 0. The number of rotatable bonds is 4. The van der Waals surface area contributed by atoms with Gasteiger partial charge in [-0.3, -0.25) is 0 Å². The van der Waals surface area contributed by atoms with Crippen LogP contribution in [0.25, 0.3) is 0 Å². The van der Waals surface area contributed by atoms with Crippen LogP contribution in [0.1, 0.15) is 13.8 Å². The molecule has 100 valence electrons. The highest BCUT2D eigenvalue weighted by Crippen LogP contribution is 2.37. The Morgan fingerprint density at radius 3 is 2.76 bits per heavy atom. The molecule has 5 atom stereocenters. The van der Waals surface area contributed by atoms with E-state index < -0.39 is 30.1 Å². The maximum Gasteiger partial charge on any atom is 0.176 e. The van der Waals surface area contributed by atoms with Crippen LogP contribution < -0.4 is 5.32 Å². The summed E-state index contributed by atoms with van der Waals surface area (Å²) in [6.07, 6.45) is -2.43. The Bertz CT molecular complexity index is 275. The number of hydrogen-bond acceptors (Lipinski definition) is 6. The number of aliphatic hydroxyl groups excluding tert-OH is 2. The van der Waals surface area contributed by atoms with Crippen LogP contribution in [0.15, 0.2) is 0 Å². The molecule has 0 aromatic carbocycles. The molecule has 0 aliphatic carbocycles. The third-order valence-electron chi connectivity index (χ3n) is 3.36. The van der Waals surface area contributed by atoms with E-state index >= 15 is 0 Å². The van der Waals surface area contributed by atoms with E-state index in [1.807, 2.05) is 13.8 Å². The van der Waals surface area contributed by atoms with Gasteiger partial charge in [-0.1, -0.05) is 0 Å². The Morgan fingerprint density at radius 1 is 1.47 bits per heavy atom. The van der Waals surface area contributed by atoms with Crippen molar-refractivity contribution < 1.29 is 24.4 Å². The Labute approximate surface area is 101 Å². The summed E-state index contributed by atoms with van der Waals surface area (Å²) < 4.78 is 16.7. The molecule has 6 heteroatoms. The van der Waals surface area contributed by atoms with Crippen molar-refractivity contribution in [2.45, 2.75) is 50.1 Å². The molecule has 2 aliphatic rings. The van der Waals surface area contributed by atoms with Gasteiger partial charge in [0.25, 0.3) is 0 Å². The second-order valence-corrected chi connectivity index (χ2v) is 4.97. The summed E-state index contributed by atoms with van der Waals surface area (Å²) in [7, 11) is 1.70. The van der Waals surface area contributed by atoms with Gasteiger partial charge in [0.15, 0.2) is 6.29 Å². The standard InChI is InChI=1S/C11H21NO5/c1-6(2)15-4-11-5-16-10(17-11)7(12-3)8(13)9(11)14/h6-10,12-14H,4-5H2,1-3H3. The lowest BCUT2D eigenvalue weighted by Crippen LogP contribution is -2.65. The molecule has 0 spiro atoms. The number of ether oxygens (including phenoxy) is 3. The maximum atomic E-state index is 10.2. The van der Waals surface area contributed by atoms with Gasteiger partial charge in [-0.2, -0.15) is 0 Å². The minimum atomic E-state index is -1.02. The van der Waals surface area contributed by atoms with Gasteiger partial charge in [0, 0.05) is 0 Å². The smallest absolute Gasteiger partial charge is 0.176 e. The van der Waals surface area contributed by atoms with Gasteiger partial charge in [0.2, 0.25) is 0 Å². The molecule has 2 aliphatic heterocycles. The van der Waals surface area contributed by atoms with Crippen LogP contribution >= 0.6 is 0 Å². The molecule has 0 saturated carbocycles. The largest absolute Gasteiger partial charge is 0.388 e. The summed E-state index contributed by atoms with van der Waals surface area (Å²) in [5.74, 6) is 0. The Morgan fingerprint density at radius 2 is 2.18 bits per heavy atom. The fourth-order valence-electron chi connectivity index (χ4n) is 2.30. The quantitative estimate of drug-likeness (QED) is 0.582. The number of fused-ring (bicyclic) bond motifs is 2. The second-order valence-electron chi connectivity index (χ2n) is 4.97. The summed E-state index contributed by atoms with van der Waals surface area (Å²) in [5.41, 5.74) is -0.943. The molecule has 0 aromatic heterocycles. The summed E-state index contributed by atoms with van der Waals surface area (Å²) in [6, 6.07) is -0.417. The van der Waals surface area contributed by atoms with Crippen LogP contribution in [-0.4, -0.2) is 66.7 Å². The zero-order valence-electron chi connectivity index (χ0n) is 10.4. The van der Waals surface area contributed by atoms with Gasteiger partial charge in [-0.15, -0.1) is 0 Å². The van der Waals surface area contributed by atoms with E-state index in [2.05, 4.69) is 5.32 Å². The number of nitrogens with one attached hydrogen (secondary N) is 1. The predicted molar refractivity (Wildman–Crippen MR) is 59.5 cm³/mol. The molecule has 0 amide bonds. The fourth-order valence-corrected chi connectivity index (χ4v) is 2.30. The normalized spacial score (nSPS) is 45.5. The lowest BCUT2D eigenvalue weighted by atomic mass is 9.88. The van der Waals surface area contributed by atoms with Gasteiger partial charge >= 0.3 is 0 Å². The van der Waals surface area contributed by atoms with Crippen LogP contribution in [0.3, 0.4) is 0 Å². The van der Waals surface area contributed by atoms with Crippen LogP contribution in [-0.2, 0) is 14.2 Å². The Kier molecular flexibility index (Phi) is 3.72. The molecular formula is C11H21NO5. The van der Waals surface area contributed by atoms with E-state index in [0.717, 1.165) is 0 Å². The van der Waals surface area contributed by atoms with Crippen molar-refractivity contribution in [3.05, 3.63) is 0 Å². The van der Waals surface area contributed by atoms with Gasteiger partial charge in [0.1, 0.15) is 17.8 Å². The average molecular weight is 247 g/mol. The lowest BCUT2D eigenvalue weighted by molar-refractivity contribution is -0.239. The van der Waals surface area contributed by atoms with E-state index in [1.165, 1.54) is 0 Å². The second kappa shape index (κ2) is 4.79. The first-order valence-electron chi connectivity index (χ1n) is 5.94. The van der Waals surface area contributed by atoms with E-state index in [-0.39, 0.29) is 19.3 Å². The van der Waals surface area contributed by atoms with Gasteiger partial charge in [-0.05, 0) is 20.9 Å².